The van der Waals surface area contributed by atoms with Gasteiger partial charge in [0, 0.05) is 0 Å². The van der Waals surface area contributed by atoms with Crippen LogP contribution in [0.25, 0.3) is 0 Å². The Morgan fingerprint density at radius 3 is 1.38 bits per heavy atom. The third-order valence-corrected chi connectivity index (χ3v) is 9.41. The minimum absolute atomic E-state index is 0. The van der Waals surface area contributed by atoms with Crippen molar-refractivity contribution in [3.05, 3.63) is 58.2 Å². The number of hydrogen-bond donors (Lipinski definition) is 8. The number of tetrazole rings is 2. The van der Waals surface area contributed by atoms with Crippen LogP contribution in [-0.2, 0) is 35.3 Å². The van der Waals surface area contributed by atoms with Gasteiger partial charge in [-0.25, -0.2) is 9.59 Å². The quantitative estimate of drug-likeness (QED) is 0.0688. The molecule has 0 aliphatic carbocycles. The first kappa shape index (κ1) is 44.7. The van der Waals surface area contributed by atoms with Gasteiger partial charge >= 0.3 is 84.6 Å². The molecule has 6 heterocycles. The average molecular weight is 826 g/mol. The minimum Gasteiger partial charge on any atom is -0.669 e. The zero-order valence-corrected chi connectivity index (χ0v) is 35.2. The van der Waals surface area contributed by atoms with E-state index in [0.717, 1.165) is 0 Å². The summed E-state index contributed by atoms with van der Waals surface area (Å²) in [5.74, 6) is -2.50. The molecule has 0 bridgehead atoms. The van der Waals surface area contributed by atoms with Gasteiger partial charge < -0.3 is 58.9 Å². The molecular formula is C30H34B2N10Na2O14. The second kappa shape index (κ2) is 18.3. The SMILES string of the molecule is O=C(O)c1c(OC2CN(C(=O)Cc3nn[nH]n3)C2)ccc2c1O[B-](O)(O)CC2.O=C(O)c1c(OC2CN(C(=O)Cc3nn[nH]n3)C2)ccc2c1O[B-](O)(O)CC2.[Na+].[Na+]. The van der Waals surface area contributed by atoms with Crippen LogP contribution < -0.4 is 77.9 Å². The minimum atomic E-state index is -3.10. The summed E-state index contributed by atoms with van der Waals surface area (Å²) in [4.78, 5) is 50.8. The maximum absolute atomic E-state index is 12.1. The number of H-pyrrole nitrogens is 2. The Morgan fingerprint density at radius 2 is 1.05 bits per heavy atom. The Bertz CT molecular complexity index is 1990. The molecule has 8 rings (SSSR count). The van der Waals surface area contributed by atoms with Crippen LogP contribution in [0.15, 0.2) is 24.3 Å². The molecule has 0 spiro atoms. The molecule has 2 amide bonds. The number of aromatic nitrogens is 8. The van der Waals surface area contributed by atoms with Crippen LogP contribution in [0.1, 0.15) is 43.5 Å². The molecule has 4 aliphatic rings. The molecule has 0 unspecified atom stereocenters. The van der Waals surface area contributed by atoms with Gasteiger partial charge in [-0.2, -0.15) is 10.4 Å². The summed E-state index contributed by atoms with van der Waals surface area (Å²) in [6.45, 7) is -5.08. The molecule has 296 valence electrons. The number of aryl methyl sites for hydroxylation is 2. The number of carbonyl (C=O) groups is 4. The fourth-order valence-electron chi connectivity index (χ4n) is 6.46. The molecule has 2 fully saturated rings. The number of amides is 2. The maximum atomic E-state index is 12.1. The Morgan fingerprint density at radius 1 is 0.672 bits per heavy atom. The van der Waals surface area contributed by atoms with E-state index < -0.39 is 37.7 Å². The van der Waals surface area contributed by atoms with Crippen LogP contribution in [-0.4, -0.2) is 157 Å². The number of benzene rings is 2. The standard InChI is InChI=1S/2C15H17BN5O7.2Na/c2*22-12(5-11-17-19-20-18-11)21-6-9(7-21)27-10-2-1-8-3-4-16(25,26)28-14(8)13(10)15(23)24;;/h2*1-2,9,25-26H,3-7H2,(H,23,24)(H,17,18,19,20);;/q2*-1;2*+1. The molecule has 24 nitrogen and oxygen atoms in total. The summed E-state index contributed by atoms with van der Waals surface area (Å²) in [5, 5.41) is 84.4. The first-order chi connectivity index (χ1) is 26.6. The van der Waals surface area contributed by atoms with E-state index >= 15 is 0 Å². The number of carboxylic acids is 2. The third-order valence-electron chi connectivity index (χ3n) is 9.41. The first-order valence-corrected chi connectivity index (χ1v) is 17.3. The van der Waals surface area contributed by atoms with E-state index in [1.54, 1.807) is 12.1 Å². The van der Waals surface area contributed by atoms with E-state index in [1.165, 1.54) is 21.9 Å². The number of hydrogen-bond acceptors (Lipinski definition) is 18. The molecule has 4 aliphatic heterocycles. The van der Waals surface area contributed by atoms with Crippen molar-refractivity contribution in [1.82, 2.24) is 51.0 Å². The van der Waals surface area contributed by atoms with Gasteiger partial charge in [-0.3, -0.25) is 9.59 Å². The van der Waals surface area contributed by atoms with Gasteiger partial charge in [0.25, 0.3) is 0 Å². The monoisotopic (exact) mass is 826 g/mol. The predicted molar refractivity (Wildman–Crippen MR) is 183 cm³/mol. The summed E-state index contributed by atoms with van der Waals surface area (Å²) in [7, 11) is 0. The molecular weight excluding hydrogens is 792 g/mol. The van der Waals surface area contributed by atoms with Crippen LogP contribution in [0.3, 0.4) is 0 Å². The summed E-state index contributed by atoms with van der Waals surface area (Å²) < 4.78 is 21.7. The maximum Gasteiger partial charge on any atom is 1.00 e. The van der Waals surface area contributed by atoms with Gasteiger partial charge in [-0.1, -0.05) is 35.2 Å². The third kappa shape index (κ3) is 10.3. The molecule has 0 atom stereocenters. The molecule has 2 aromatic heterocycles. The molecule has 4 aromatic rings. The van der Waals surface area contributed by atoms with Crippen molar-refractivity contribution in [1.29, 1.82) is 0 Å². The Balaban J connectivity index is 0.000000214. The van der Waals surface area contributed by atoms with Crippen molar-refractivity contribution in [3.63, 3.8) is 0 Å². The fraction of sp³-hybridized carbons (Fsp3) is 0.400. The van der Waals surface area contributed by atoms with Crippen LogP contribution in [0, 0.1) is 0 Å². The summed E-state index contributed by atoms with van der Waals surface area (Å²) in [5.41, 5.74) is 0.609. The summed E-state index contributed by atoms with van der Waals surface area (Å²) in [6.07, 6.45) is -0.227. The number of aromatic amines is 2. The van der Waals surface area contributed by atoms with Crippen molar-refractivity contribution in [2.45, 2.75) is 50.5 Å². The molecule has 28 heteroatoms. The second-order valence-corrected chi connectivity index (χ2v) is 13.6. The number of fused-ring (bicyclic) bond motifs is 2. The van der Waals surface area contributed by atoms with Gasteiger partial charge in [0.15, 0.2) is 11.6 Å². The summed E-state index contributed by atoms with van der Waals surface area (Å²) >= 11 is 0. The number of likely N-dealkylation sites (tertiary alicyclic amines) is 2. The Kier molecular flexibility index (Phi) is 14.1. The zero-order chi connectivity index (χ0) is 39.8. The van der Waals surface area contributed by atoms with E-state index in [2.05, 4.69) is 41.2 Å². The fourth-order valence-corrected chi connectivity index (χ4v) is 6.46. The van der Waals surface area contributed by atoms with Gasteiger partial charge in [0.05, 0.1) is 50.5 Å². The van der Waals surface area contributed by atoms with Crippen molar-refractivity contribution in [2.75, 3.05) is 26.2 Å². The Labute approximate surface area is 371 Å². The summed E-state index contributed by atoms with van der Waals surface area (Å²) in [6, 6.07) is 6.31. The van der Waals surface area contributed by atoms with Crippen molar-refractivity contribution in [3.8, 4) is 23.0 Å². The van der Waals surface area contributed by atoms with Crippen molar-refractivity contribution >= 4 is 37.3 Å². The van der Waals surface area contributed by atoms with E-state index in [4.69, 9.17) is 18.8 Å². The van der Waals surface area contributed by atoms with Gasteiger partial charge in [0.1, 0.15) is 34.8 Å². The van der Waals surface area contributed by atoms with Crippen LogP contribution in [0.4, 0.5) is 0 Å². The number of rotatable bonds is 10. The molecule has 8 N–H and O–H groups in total. The van der Waals surface area contributed by atoms with Gasteiger partial charge in [0.2, 0.25) is 11.8 Å². The first-order valence-electron chi connectivity index (χ1n) is 17.3. The van der Waals surface area contributed by atoms with Crippen molar-refractivity contribution in [2.24, 2.45) is 0 Å². The topological polar surface area (TPSA) is 342 Å². The van der Waals surface area contributed by atoms with Crippen molar-refractivity contribution < 1.29 is 127 Å². The van der Waals surface area contributed by atoms with E-state index in [0.29, 0.717) is 11.1 Å². The molecule has 2 saturated heterocycles. The number of nitrogens with zero attached hydrogens (tertiary/aromatic N) is 8. The largest absolute Gasteiger partial charge is 1.00 e. The normalized spacial score (nSPS) is 17.4. The molecule has 58 heavy (non-hydrogen) atoms. The number of carbonyl (C=O) groups excluding carboxylic acids is 2. The van der Waals surface area contributed by atoms with Crippen LogP contribution in [0.5, 0.6) is 23.0 Å². The van der Waals surface area contributed by atoms with E-state index in [1.807, 2.05) is 0 Å². The molecule has 2 aromatic carbocycles. The number of nitrogens with one attached hydrogen (secondary N) is 2. The average Bonchev–Trinajstić information content (AvgIpc) is 3.81. The van der Waals surface area contributed by atoms with Gasteiger partial charge in [-0.05, 0) is 36.1 Å². The number of carboxylic acid groups (broad SMARTS) is 2. The molecule has 0 saturated carbocycles. The van der Waals surface area contributed by atoms with Crippen LogP contribution in [0.2, 0.25) is 12.6 Å². The smallest absolute Gasteiger partial charge is 0.669 e. The van der Waals surface area contributed by atoms with E-state index in [9.17, 15) is 49.5 Å². The van der Waals surface area contributed by atoms with Crippen LogP contribution >= 0.6 is 0 Å². The number of ether oxygens (including phenoxy) is 2. The zero-order valence-electron chi connectivity index (χ0n) is 31.2. The van der Waals surface area contributed by atoms with E-state index in [-0.39, 0.29) is 181 Å². The Hall–Kier alpha value is -4.37. The molecule has 0 radical (unpaired) electrons. The van der Waals surface area contributed by atoms with Gasteiger partial charge in [-0.15, -0.1) is 20.4 Å². The number of aromatic carboxylic acids is 2. The predicted octanol–water partition coefficient (Wildman–Crippen LogP) is -8.81. The second-order valence-electron chi connectivity index (χ2n) is 13.6.